The van der Waals surface area contributed by atoms with Gasteiger partial charge in [-0.2, -0.15) is 4.39 Å². The number of carbonyl (C=O) groups excluding carboxylic acids is 2. The van der Waals surface area contributed by atoms with Crippen LogP contribution in [0.1, 0.15) is 31.3 Å². The van der Waals surface area contributed by atoms with Gasteiger partial charge in [-0.25, -0.2) is 19.2 Å². The number of nitrogens with one attached hydrogen (secondary N) is 2. The van der Waals surface area contributed by atoms with Crippen molar-refractivity contribution in [1.29, 1.82) is 0 Å². The van der Waals surface area contributed by atoms with Gasteiger partial charge in [-0.1, -0.05) is 34.1 Å². The summed E-state index contributed by atoms with van der Waals surface area (Å²) in [5.74, 6) is -5.24. The van der Waals surface area contributed by atoms with Gasteiger partial charge in [0, 0.05) is 21.6 Å². The van der Waals surface area contributed by atoms with E-state index in [1.54, 1.807) is 29.6 Å². The molecule has 8 nitrogen and oxygen atoms in total. The van der Waals surface area contributed by atoms with E-state index in [1.807, 2.05) is 0 Å². The number of nitrogens with zero attached hydrogens (tertiary/aromatic N) is 2. The molecule has 0 aliphatic rings. The van der Waals surface area contributed by atoms with Crippen LogP contribution in [0.15, 0.2) is 64.6 Å². The summed E-state index contributed by atoms with van der Waals surface area (Å²) in [6, 6.07) is 11.6. The third-order valence-electron chi connectivity index (χ3n) is 4.69. The summed E-state index contributed by atoms with van der Waals surface area (Å²) in [4.78, 5) is 44.1. The van der Waals surface area contributed by atoms with E-state index in [2.05, 4.69) is 36.5 Å². The van der Waals surface area contributed by atoms with Crippen molar-refractivity contribution in [3.05, 3.63) is 93.3 Å². The highest BCUT2D eigenvalue weighted by atomic mass is 79.9. The topological polar surface area (TPSA) is 121 Å². The maximum absolute atomic E-state index is 15.0. The van der Waals surface area contributed by atoms with Crippen LogP contribution in [-0.2, 0) is 0 Å². The average molecular weight is 559 g/mol. The van der Waals surface area contributed by atoms with Gasteiger partial charge in [-0.15, -0.1) is 11.3 Å². The summed E-state index contributed by atoms with van der Waals surface area (Å²) in [5.41, 5.74) is -0.527. The Balaban J connectivity index is 1.60. The number of amides is 2. The minimum atomic E-state index is -1.28. The number of anilines is 2. The molecule has 3 N–H and O–H groups in total. The summed E-state index contributed by atoms with van der Waals surface area (Å²) >= 11 is 4.27. The second kappa shape index (κ2) is 10.1. The van der Waals surface area contributed by atoms with Crippen molar-refractivity contribution >= 4 is 55.7 Å². The Labute approximate surface area is 208 Å². The van der Waals surface area contributed by atoms with E-state index >= 15 is 0 Å². The number of carboxylic acid groups (broad SMARTS) is 1. The minimum absolute atomic E-state index is 0.0139. The Kier molecular flexibility index (Phi) is 6.94. The van der Waals surface area contributed by atoms with E-state index in [1.165, 1.54) is 12.1 Å². The van der Waals surface area contributed by atoms with Crippen LogP contribution in [0.25, 0.3) is 11.1 Å². The van der Waals surface area contributed by atoms with Gasteiger partial charge >= 0.3 is 5.97 Å². The molecule has 3 heterocycles. The fourth-order valence-electron chi connectivity index (χ4n) is 3.09. The van der Waals surface area contributed by atoms with E-state index in [-0.39, 0.29) is 21.9 Å². The molecule has 35 heavy (non-hydrogen) atoms. The van der Waals surface area contributed by atoms with Crippen molar-refractivity contribution in [3.63, 3.8) is 0 Å². The van der Waals surface area contributed by atoms with Crippen molar-refractivity contribution in [1.82, 2.24) is 9.97 Å². The lowest BCUT2D eigenvalue weighted by atomic mass is 10.0. The van der Waals surface area contributed by atoms with E-state index in [9.17, 15) is 28.3 Å². The minimum Gasteiger partial charge on any atom is -0.478 e. The molecule has 0 spiro atoms. The van der Waals surface area contributed by atoms with Gasteiger partial charge in [-0.3, -0.25) is 9.59 Å². The number of hydrogen-bond donors (Lipinski definition) is 3. The first kappa shape index (κ1) is 24.1. The first-order valence-electron chi connectivity index (χ1n) is 9.75. The molecule has 0 saturated heterocycles. The first-order valence-corrected chi connectivity index (χ1v) is 11.4. The largest absolute Gasteiger partial charge is 0.478 e. The zero-order chi connectivity index (χ0) is 25.1. The Morgan fingerprint density at radius 3 is 2.40 bits per heavy atom. The lowest BCUT2D eigenvalue weighted by Gasteiger charge is -2.10. The lowest BCUT2D eigenvalue weighted by molar-refractivity contribution is 0.0699. The molecule has 176 valence electrons. The summed E-state index contributed by atoms with van der Waals surface area (Å²) < 4.78 is 29.1. The highest BCUT2D eigenvalue weighted by Crippen LogP contribution is 2.36. The Morgan fingerprint density at radius 1 is 0.971 bits per heavy atom. The molecule has 0 fully saturated rings. The third-order valence-corrected chi connectivity index (χ3v) is 6.11. The normalized spacial score (nSPS) is 10.6. The van der Waals surface area contributed by atoms with Crippen molar-refractivity contribution in [2.75, 3.05) is 10.6 Å². The van der Waals surface area contributed by atoms with Crippen LogP contribution in [0.3, 0.4) is 0 Å². The second-order valence-corrected chi connectivity index (χ2v) is 8.74. The molecule has 0 atom stereocenters. The van der Waals surface area contributed by atoms with E-state index in [0.29, 0.717) is 11.1 Å². The number of hydrogen-bond acceptors (Lipinski definition) is 6. The van der Waals surface area contributed by atoms with Gasteiger partial charge in [-0.05, 0) is 35.9 Å². The number of carbonyl (C=O) groups is 3. The van der Waals surface area contributed by atoms with Crippen LogP contribution in [0, 0.1) is 11.8 Å². The molecule has 3 aromatic heterocycles. The lowest BCUT2D eigenvalue weighted by Crippen LogP contribution is -2.20. The molecule has 12 heteroatoms. The molecule has 2 amide bonds. The summed E-state index contributed by atoms with van der Waals surface area (Å²) in [6.07, 6.45) is 1.09. The number of carboxylic acids is 1. The highest BCUT2D eigenvalue weighted by molar-refractivity contribution is 9.10. The van der Waals surface area contributed by atoms with Gasteiger partial charge in [0.25, 0.3) is 11.8 Å². The Bertz CT molecular complexity index is 1460. The molecule has 0 bridgehead atoms. The predicted octanol–water partition coefficient (Wildman–Crippen LogP) is 5.45. The van der Waals surface area contributed by atoms with Crippen molar-refractivity contribution in [3.8, 4) is 11.1 Å². The fourth-order valence-corrected chi connectivity index (χ4v) is 4.31. The molecule has 4 aromatic rings. The molecule has 0 aliphatic heterocycles. The number of halogens is 3. The second-order valence-electron chi connectivity index (χ2n) is 6.94. The summed E-state index contributed by atoms with van der Waals surface area (Å²) in [5, 5.41) is 15.9. The quantitative estimate of drug-likeness (QED) is 0.270. The molecule has 4 rings (SSSR count). The van der Waals surface area contributed by atoms with E-state index in [0.717, 1.165) is 34.1 Å². The summed E-state index contributed by atoms with van der Waals surface area (Å²) in [7, 11) is 0. The van der Waals surface area contributed by atoms with E-state index < -0.39 is 35.2 Å². The van der Waals surface area contributed by atoms with Gasteiger partial charge in [0.05, 0.1) is 5.69 Å². The fraction of sp³-hybridized carbons (Fsp3) is 0. The number of pyridine rings is 2. The van der Waals surface area contributed by atoms with Gasteiger partial charge in [0.2, 0.25) is 5.95 Å². The van der Waals surface area contributed by atoms with Crippen molar-refractivity contribution in [2.45, 2.75) is 0 Å². The van der Waals surface area contributed by atoms with Gasteiger partial charge < -0.3 is 15.7 Å². The standard InChI is InChI=1S/C23H13BrF2N4O4S/c24-12-6-4-11(5-7-12)13-10-35-22(17(13)23(33)34)30-21(32)19-18(26)14(8-9-27-19)29-20(31)15-2-1-3-16(25)28-15/h1-10H,(H,30,32)(H,33,34)(H,27,29,31). The highest BCUT2D eigenvalue weighted by Gasteiger charge is 2.24. The van der Waals surface area contributed by atoms with E-state index in [4.69, 9.17) is 0 Å². The van der Waals surface area contributed by atoms with Gasteiger partial charge in [0.15, 0.2) is 11.5 Å². The SMILES string of the molecule is O=C(Nc1ccnc(C(=O)Nc2scc(-c3ccc(Br)cc3)c2C(=O)O)c1F)c1cccc(F)n1. The van der Waals surface area contributed by atoms with Crippen LogP contribution in [0.4, 0.5) is 19.5 Å². The molecular formula is C23H13BrF2N4O4S. The average Bonchev–Trinajstić information content (AvgIpc) is 3.24. The maximum atomic E-state index is 15.0. The smallest absolute Gasteiger partial charge is 0.339 e. The van der Waals surface area contributed by atoms with Crippen molar-refractivity contribution in [2.24, 2.45) is 0 Å². The van der Waals surface area contributed by atoms with Crippen LogP contribution < -0.4 is 10.6 Å². The zero-order valence-corrected chi connectivity index (χ0v) is 19.8. The number of benzene rings is 1. The molecular weight excluding hydrogens is 546 g/mol. The molecule has 1 aromatic carbocycles. The number of aromatic carboxylic acids is 1. The van der Waals surface area contributed by atoms with Crippen LogP contribution in [0.5, 0.6) is 0 Å². The summed E-state index contributed by atoms with van der Waals surface area (Å²) in [6.45, 7) is 0. The number of thiophene rings is 1. The monoisotopic (exact) mass is 558 g/mol. The van der Waals surface area contributed by atoms with Crippen LogP contribution in [-0.4, -0.2) is 32.9 Å². The van der Waals surface area contributed by atoms with Crippen molar-refractivity contribution < 1.29 is 28.3 Å². The van der Waals surface area contributed by atoms with Crippen LogP contribution in [0.2, 0.25) is 0 Å². The Morgan fingerprint density at radius 2 is 1.71 bits per heavy atom. The Hall–Kier alpha value is -4.03. The maximum Gasteiger partial charge on any atom is 0.339 e. The molecule has 0 aliphatic carbocycles. The first-order chi connectivity index (χ1) is 16.7. The predicted molar refractivity (Wildman–Crippen MR) is 129 cm³/mol. The van der Waals surface area contributed by atoms with Gasteiger partial charge in [0.1, 0.15) is 16.3 Å². The van der Waals surface area contributed by atoms with Crippen LogP contribution >= 0.6 is 27.3 Å². The number of aromatic nitrogens is 2. The molecule has 0 radical (unpaired) electrons. The molecule has 0 unspecified atom stereocenters. The molecule has 0 saturated carbocycles. The number of rotatable bonds is 6. The third kappa shape index (κ3) is 5.23. The zero-order valence-electron chi connectivity index (χ0n) is 17.4.